The Morgan fingerprint density at radius 3 is 2.56 bits per heavy atom. The maximum absolute atomic E-state index is 11.5. The fourth-order valence-corrected chi connectivity index (χ4v) is 2.45. The van der Waals surface area contributed by atoms with Crippen LogP contribution in [-0.2, 0) is 4.74 Å². The Morgan fingerprint density at radius 1 is 1.31 bits per heavy atom. The molecule has 0 saturated carbocycles. The number of ether oxygens (including phenoxy) is 1. The van der Waals surface area contributed by atoms with Gasteiger partial charge in [-0.15, -0.1) is 0 Å². The monoisotopic (exact) mass is 298 g/mol. The van der Waals surface area contributed by atoms with Crippen molar-refractivity contribution in [2.45, 2.75) is 0 Å². The van der Waals surface area contributed by atoms with E-state index in [4.69, 9.17) is 16.3 Å². The first-order chi connectivity index (χ1) is 7.65. The normalized spacial score (nSPS) is 10.4. The van der Waals surface area contributed by atoms with E-state index >= 15 is 0 Å². The van der Waals surface area contributed by atoms with E-state index in [2.05, 4.69) is 15.9 Å². The maximum Gasteiger partial charge on any atom is 0.339 e. The first-order valence-electron chi connectivity index (χ1n) is 4.60. The zero-order chi connectivity index (χ0) is 11.7. The number of carbonyl (C=O) groups excluding carboxylic acids is 1. The van der Waals surface area contributed by atoms with E-state index in [1.165, 1.54) is 7.11 Å². The molecule has 0 fully saturated rings. The molecule has 0 heterocycles. The molecule has 0 amide bonds. The van der Waals surface area contributed by atoms with E-state index in [1.807, 2.05) is 24.3 Å². The molecule has 0 unspecified atom stereocenters. The number of esters is 1. The summed E-state index contributed by atoms with van der Waals surface area (Å²) in [5, 5.41) is 2.35. The van der Waals surface area contributed by atoms with E-state index in [-0.39, 0.29) is 0 Å². The highest BCUT2D eigenvalue weighted by atomic mass is 79.9. The lowest BCUT2D eigenvalue weighted by atomic mass is 10.1. The number of rotatable bonds is 1. The molecule has 0 radical (unpaired) electrons. The maximum atomic E-state index is 11.5. The lowest BCUT2D eigenvalue weighted by Crippen LogP contribution is -2.02. The second kappa shape index (κ2) is 4.44. The van der Waals surface area contributed by atoms with Crippen LogP contribution in [0.25, 0.3) is 10.8 Å². The van der Waals surface area contributed by atoms with Gasteiger partial charge < -0.3 is 4.74 Å². The first-order valence-corrected chi connectivity index (χ1v) is 5.77. The molecule has 0 aliphatic rings. The van der Waals surface area contributed by atoms with Crippen LogP contribution in [0.5, 0.6) is 0 Å². The highest BCUT2D eigenvalue weighted by Gasteiger charge is 2.15. The molecular formula is C12H8BrClO2. The molecule has 0 aliphatic heterocycles. The minimum atomic E-state index is -0.403. The van der Waals surface area contributed by atoms with Crippen molar-refractivity contribution < 1.29 is 9.53 Å². The van der Waals surface area contributed by atoms with Gasteiger partial charge in [0.2, 0.25) is 0 Å². The van der Waals surface area contributed by atoms with Crippen molar-refractivity contribution in [1.29, 1.82) is 0 Å². The van der Waals surface area contributed by atoms with E-state index in [1.54, 1.807) is 6.07 Å². The van der Waals surface area contributed by atoms with Gasteiger partial charge in [0, 0.05) is 14.9 Å². The van der Waals surface area contributed by atoms with Crippen molar-refractivity contribution >= 4 is 44.3 Å². The minimum absolute atomic E-state index is 0.403. The number of methoxy groups -OCH3 is 1. The van der Waals surface area contributed by atoms with Crippen LogP contribution in [-0.4, -0.2) is 13.1 Å². The zero-order valence-electron chi connectivity index (χ0n) is 8.46. The van der Waals surface area contributed by atoms with Crippen molar-refractivity contribution in [1.82, 2.24) is 0 Å². The molecule has 2 aromatic rings. The predicted octanol–water partition coefficient (Wildman–Crippen LogP) is 4.04. The fourth-order valence-electron chi connectivity index (χ4n) is 1.55. The van der Waals surface area contributed by atoms with Gasteiger partial charge >= 0.3 is 5.97 Å². The summed E-state index contributed by atoms with van der Waals surface area (Å²) in [5.41, 5.74) is 0.436. The van der Waals surface area contributed by atoms with Crippen molar-refractivity contribution in [3.8, 4) is 0 Å². The van der Waals surface area contributed by atoms with Crippen LogP contribution in [0.4, 0.5) is 0 Å². The highest BCUT2D eigenvalue weighted by Crippen LogP contribution is 2.33. The van der Waals surface area contributed by atoms with Gasteiger partial charge in [-0.3, -0.25) is 0 Å². The van der Waals surface area contributed by atoms with Crippen molar-refractivity contribution in [2.24, 2.45) is 0 Å². The second-order valence-corrected chi connectivity index (χ2v) is 4.46. The molecule has 2 rings (SSSR count). The van der Waals surface area contributed by atoms with Gasteiger partial charge in [0.05, 0.1) is 12.7 Å². The van der Waals surface area contributed by atoms with Crippen LogP contribution < -0.4 is 0 Å². The number of carbonyl (C=O) groups is 1. The number of hydrogen-bond donors (Lipinski definition) is 0. The quantitative estimate of drug-likeness (QED) is 0.743. The van der Waals surface area contributed by atoms with Gasteiger partial charge in [-0.05, 0) is 27.4 Å². The summed E-state index contributed by atoms with van der Waals surface area (Å²) in [6, 6.07) is 9.21. The topological polar surface area (TPSA) is 26.3 Å². The van der Waals surface area contributed by atoms with Gasteiger partial charge in [-0.1, -0.05) is 35.9 Å². The average Bonchev–Trinajstić information content (AvgIpc) is 2.33. The van der Waals surface area contributed by atoms with Crippen molar-refractivity contribution in [3.05, 3.63) is 45.4 Å². The van der Waals surface area contributed by atoms with Gasteiger partial charge in [-0.2, -0.15) is 0 Å². The Bertz CT molecular complexity index is 566. The average molecular weight is 300 g/mol. The van der Waals surface area contributed by atoms with E-state index in [0.29, 0.717) is 15.1 Å². The summed E-state index contributed by atoms with van der Waals surface area (Å²) in [6.07, 6.45) is 0. The molecule has 16 heavy (non-hydrogen) atoms. The van der Waals surface area contributed by atoms with Crippen LogP contribution in [0.15, 0.2) is 34.8 Å². The summed E-state index contributed by atoms with van der Waals surface area (Å²) in [4.78, 5) is 11.5. The van der Waals surface area contributed by atoms with Gasteiger partial charge in [0.25, 0.3) is 0 Å². The SMILES string of the molecule is COC(=O)c1cc(Cl)c2ccccc2c1Br. The lowest BCUT2D eigenvalue weighted by molar-refractivity contribution is 0.0600. The molecule has 0 saturated heterocycles. The molecule has 4 heteroatoms. The Kier molecular flexibility index (Phi) is 3.17. The summed E-state index contributed by atoms with van der Waals surface area (Å²) in [5.74, 6) is -0.403. The molecule has 0 aliphatic carbocycles. The Balaban J connectivity index is 2.80. The Labute approximate surface area is 106 Å². The smallest absolute Gasteiger partial charge is 0.339 e. The molecule has 0 bridgehead atoms. The van der Waals surface area contributed by atoms with E-state index in [0.717, 1.165) is 10.8 Å². The summed E-state index contributed by atoms with van der Waals surface area (Å²) in [6.45, 7) is 0. The standard InChI is InChI=1S/C12H8BrClO2/c1-16-12(15)9-6-10(14)7-4-2-3-5-8(7)11(9)13/h2-6H,1H3. The third-order valence-electron chi connectivity index (χ3n) is 2.33. The predicted molar refractivity (Wildman–Crippen MR) is 68.0 cm³/mol. The molecule has 2 aromatic carbocycles. The second-order valence-electron chi connectivity index (χ2n) is 3.26. The summed E-state index contributed by atoms with van der Waals surface area (Å²) < 4.78 is 5.40. The molecule has 82 valence electrons. The Morgan fingerprint density at radius 2 is 1.94 bits per heavy atom. The number of benzene rings is 2. The lowest BCUT2D eigenvalue weighted by Gasteiger charge is -2.08. The first kappa shape index (κ1) is 11.4. The highest BCUT2D eigenvalue weighted by molar-refractivity contribution is 9.10. The zero-order valence-corrected chi connectivity index (χ0v) is 10.8. The summed E-state index contributed by atoms with van der Waals surface area (Å²) >= 11 is 9.50. The summed E-state index contributed by atoms with van der Waals surface area (Å²) in [7, 11) is 1.35. The molecular weight excluding hydrogens is 291 g/mol. The molecule has 0 atom stereocenters. The molecule has 0 aromatic heterocycles. The minimum Gasteiger partial charge on any atom is -0.465 e. The van der Waals surface area contributed by atoms with Crippen molar-refractivity contribution in [2.75, 3.05) is 7.11 Å². The van der Waals surface area contributed by atoms with Crippen LogP contribution in [0, 0.1) is 0 Å². The molecule has 0 N–H and O–H groups in total. The largest absolute Gasteiger partial charge is 0.465 e. The van der Waals surface area contributed by atoms with Gasteiger partial charge in [-0.25, -0.2) is 4.79 Å². The third kappa shape index (κ3) is 1.81. The third-order valence-corrected chi connectivity index (χ3v) is 3.50. The molecule has 2 nitrogen and oxygen atoms in total. The van der Waals surface area contributed by atoms with Gasteiger partial charge in [0.1, 0.15) is 0 Å². The fraction of sp³-hybridized carbons (Fsp3) is 0.0833. The number of halogens is 2. The van der Waals surface area contributed by atoms with Crippen LogP contribution in [0.2, 0.25) is 5.02 Å². The number of fused-ring (bicyclic) bond motifs is 1. The number of hydrogen-bond acceptors (Lipinski definition) is 2. The Hall–Kier alpha value is -1.06. The van der Waals surface area contributed by atoms with Crippen molar-refractivity contribution in [3.63, 3.8) is 0 Å². The van der Waals surface area contributed by atoms with E-state index < -0.39 is 5.97 Å². The van der Waals surface area contributed by atoms with Crippen LogP contribution in [0.1, 0.15) is 10.4 Å². The van der Waals surface area contributed by atoms with Crippen LogP contribution >= 0.6 is 27.5 Å². The van der Waals surface area contributed by atoms with E-state index in [9.17, 15) is 4.79 Å². The molecule has 0 spiro atoms. The van der Waals surface area contributed by atoms with Crippen LogP contribution in [0.3, 0.4) is 0 Å². The van der Waals surface area contributed by atoms with Gasteiger partial charge in [0.15, 0.2) is 0 Å².